The molecule has 3 aromatic rings. The summed E-state index contributed by atoms with van der Waals surface area (Å²) in [5.74, 6) is -0.896. The third-order valence-corrected chi connectivity index (χ3v) is 4.25. The molecule has 3 rings (SSSR count). The number of fused-ring (bicyclic) bond motifs is 3. The molecule has 2 N–H and O–H groups in total. The van der Waals surface area contributed by atoms with E-state index in [9.17, 15) is 4.79 Å². The Morgan fingerprint density at radius 2 is 2.24 bits per heavy atom. The third kappa shape index (κ3) is 1.45. The number of benzene rings is 1. The molecule has 0 bridgehead atoms. The molecular formula is C12H8ClNO2S. The van der Waals surface area contributed by atoms with Crippen molar-refractivity contribution in [1.29, 1.82) is 0 Å². The van der Waals surface area contributed by atoms with Gasteiger partial charge in [-0.25, -0.2) is 4.79 Å². The number of aromatic carboxylic acids is 1. The fraction of sp³-hybridized carbons (Fsp3) is 0.0833. The summed E-state index contributed by atoms with van der Waals surface area (Å²) in [5, 5.41) is 10.6. The van der Waals surface area contributed by atoms with Crippen LogP contribution in [0.3, 0.4) is 0 Å². The van der Waals surface area contributed by atoms with Crippen molar-refractivity contribution in [3.05, 3.63) is 33.7 Å². The molecule has 0 atom stereocenters. The van der Waals surface area contributed by atoms with Crippen LogP contribution in [0.25, 0.3) is 21.1 Å². The largest absolute Gasteiger partial charge is 0.477 e. The van der Waals surface area contributed by atoms with E-state index >= 15 is 0 Å². The van der Waals surface area contributed by atoms with Crippen LogP contribution in [0.15, 0.2) is 18.2 Å². The summed E-state index contributed by atoms with van der Waals surface area (Å²) in [6, 6.07) is 5.44. The van der Waals surface area contributed by atoms with Crippen molar-refractivity contribution in [2.45, 2.75) is 6.92 Å². The molecule has 2 aromatic heterocycles. The number of aromatic nitrogens is 1. The average molecular weight is 266 g/mol. The van der Waals surface area contributed by atoms with E-state index in [0.717, 1.165) is 26.7 Å². The first-order chi connectivity index (χ1) is 8.08. The molecule has 86 valence electrons. The molecule has 1 aromatic carbocycles. The van der Waals surface area contributed by atoms with Gasteiger partial charge in [-0.05, 0) is 24.6 Å². The minimum absolute atomic E-state index is 0.340. The number of hydrogen-bond acceptors (Lipinski definition) is 2. The highest BCUT2D eigenvalue weighted by molar-refractivity contribution is 7.21. The summed E-state index contributed by atoms with van der Waals surface area (Å²) in [6.07, 6.45) is 0. The predicted molar refractivity (Wildman–Crippen MR) is 70.4 cm³/mol. The predicted octanol–water partition coefficient (Wildman–Crippen LogP) is 4.04. The zero-order chi connectivity index (χ0) is 12.2. The Morgan fingerprint density at radius 3 is 2.94 bits per heavy atom. The first kappa shape index (κ1) is 10.6. The highest BCUT2D eigenvalue weighted by Crippen LogP contribution is 2.37. The second kappa shape index (κ2) is 3.48. The Morgan fingerprint density at radius 1 is 1.47 bits per heavy atom. The first-order valence-electron chi connectivity index (χ1n) is 5.01. The van der Waals surface area contributed by atoms with E-state index in [1.165, 1.54) is 11.3 Å². The van der Waals surface area contributed by atoms with Crippen molar-refractivity contribution in [3.8, 4) is 0 Å². The van der Waals surface area contributed by atoms with Gasteiger partial charge in [-0.1, -0.05) is 17.7 Å². The topological polar surface area (TPSA) is 53.1 Å². The molecule has 0 saturated heterocycles. The lowest BCUT2D eigenvalue weighted by Gasteiger charge is -1.98. The summed E-state index contributed by atoms with van der Waals surface area (Å²) < 4.78 is 0.956. The van der Waals surface area contributed by atoms with Crippen LogP contribution < -0.4 is 0 Å². The number of thiophene rings is 1. The van der Waals surface area contributed by atoms with Crippen molar-refractivity contribution in [1.82, 2.24) is 4.98 Å². The lowest BCUT2D eigenvalue weighted by molar-refractivity contribution is 0.0702. The zero-order valence-electron chi connectivity index (χ0n) is 8.87. The SMILES string of the molecule is Cc1ccc(Cl)c2[nH]c3cc(C(=O)O)sc3c12. The molecule has 0 spiro atoms. The number of halogens is 1. The van der Waals surface area contributed by atoms with Crippen LogP contribution in [0.4, 0.5) is 0 Å². The molecule has 0 unspecified atom stereocenters. The van der Waals surface area contributed by atoms with Gasteiger partial charge in [-0.15, -0.1) is 11.3 Å². The van der Waals surface area contributed by atoms with E-state index in [1.807, 2.05) is 19.1 Å². The molecule has 0 aliphatic carbocycles. The number of hydrogen-bond donors (Lipinski definition) is 2. The Hall–Kier alpha value is -1.52. The maximum absolute atomic E-state index is 10.9. The monoisotopic (exact) mass is 265 g/mol. The van der Waals surface area contributed by atoms with Gasteiger partial charge in [0.25, 0.3) is 0 Å². The van der Waals surface area contributed by atoms with E-state index in [4.69, 9.17) is 16.7 Å². The van der Waals surface area contributed by atoms with Gasteiger partial charge >= 0.3 is 5.97 Å². The molecule has 0 radical (unpaired) electrons. The van der Waals surface area contributed by atoms with Gasteiger partial charge in [-0.3, -0.25) is 0 Å². The van der Waals surface area contributed by atoms with Gasteiger partial charge in [-0.2, -0.15) is 0 Å². The number of carbonyl (C=O) groups is 1. The Balaban J connectivity index is 2.48. The summed E-state index contributed by atoms with van der Waals surface area (Å²) in [7, 11) is 0. The fourth-order valence-electron chi connectivity index (χ4n) is 2.01. The number of aromatic amines is 1. The van der Waals surface area contributed by atoms with Crippen LogP contribution in [0.2, 0.25) is 5.02 Å². The minimum Gasteiger partial charge on any atom is -0.477 e. The zero-order valence-corrected chi connectivity index (χ0v) is 10.4. The van der Waals surface area contributed by atoms with Crippen molar-refractivity contribution in [2.24, 2.45) is 0 Å². The second-order valence-corrected chi connectivity index (χ2v) is 5.36. The summed E-state index contributed by atoms with van der Waals surface area (Å²) in [4.78, 5) is 14.4. The molecule has 0 aliphatic heterocycles. The third-order valence-electron chi connectivity index (χ3n) is 2.79. The normalized spacial score (nSPS) is 11.4. The summed E-state index contributed by atoms with van der Waals surface area (Å²) in [5.41, 5.74) is 2.80. The summed E-state index contributed by atoms with van der Waals surface area (Å²) >= 11 is 7.39. The molecule has 0 aliphatic rings. The molecule has 5 heteroatoms. The standard InChI is InChI=1S/C12H8ClNO2S/c1-5-2-3-6(13)10-9(5)11-7(14-10)4-8(17-11)12(15)16/h2-4,14H,1H3,(H,15,16). The molecule has 2 heterocycles. The average Bonchev–Trinajstić information content (AvgIpc) is 2.80. The lowest BCUT2D eigenvalue weighted by atomic mass is 10.1. The number of carboxylic acids is 1. The number of rotatable bonds is 1. The molecule has 0 saturated carbocycles. The van der Waals surface area contributed by atoms with Gasteiger partial charge in [0.1, 0.15) is 4.88 Å². The Bertz CT molecular complexity index is 757. The van der Waals surface area contributed by atoms with Crippen molar-refractivity contribution >= 4 is 50.0 Å². The Labute approximate surface area is 106 Å². The van der Waals surface area contributed by atoms with Crippen LogP contribution in [-0.4, -0.2) is 16.1 Å². The highest BCUT2D eigenvalue weighted by Gasteiger charge is 2.15. The number of H-pyrrole nitrogens is 1. The van der Waals surface area contributed by atoms with Crippen molar-refractivity contribution < 1.29 is 9.90 Å². The quantitative estimate of drug-likeness (QED) is 0.698. The summed E-state index contributed by atoms with van der Waals surface area (Å²) in [6.45, 7) is 1.99. The van der Waals surface area contributed by atoms with Gasteiger partial charge in [0.2, 0.25) is 0 Å². The maximum Gasteiger partial charge on any atom is 0.345 e. The van der Waals surface area contributed by atoms with Crippen molar-refractivity contribution in [2.75, 3.05) is 0 Å². The van der Waals surface area contributed by atoms with Gasteiger partial charge in [0, 0.05) is 5.39 Å². The smallest absolute Gasteiger partial charge is 0.345 e. The van der Waals surface area contributed by atoms with Gasteiger partial charge < -0.3 is 10.1 Å². The van der Waals surface area contributed by atoms with Gasteiger partial charge in [0.05, 0.1) is 20.8 Å². The maximum atomic E-state index is 10.9. The number of nitrogens with one attached hydrogen (secondary N) is 1. The van der Waals surface area contributed by atoms with E-state index in [1.54, 1.807) is 6.07 Å². The molecule has 0 fully saturated rings. The minimum atomic E-state index is -0.896. The van der Waals surface area contributed by atoms with Gasteiger partial charge in [0.15, 0.2) is 0 Å². The second-order valence-electron chi connectivity index (χ2n) is 3.90. The molecule has 0 amide bonds. The number of aryl methyl sites for hydroxylation is 1. The van der Waals surface area contributed by atoms with Crippen molar-refractivity contribution in [3.63, 3.8) is 0 Å². The van der Waals surface area contributed by atoms with E-state index < -0.39 is 5.97 Å². The first-order valence-corrected chi connectivity index (χ1v) is 6.21. The molecule has 17 heavy (non-hydrogen) atoms. The lowest BCUT2D eigenvalue weighted by Crippen LogP contribution is -1.89. The van der Waals surface area contributed by atoms with Crippen LogP contribution in [0.1, 0.15) is 15.2 Å². The van der Waals surface area contributed by atoms with Crippen LogP contribution >= 0.6 is 22.9 Å². The molecular weight excluding hydrogens is 258 g/mol. The number of carboxylic acid groups (broad SMARTS) is 1. The van der Waals surface area contributed by atoms with E-state index in [0.29, 0.717) is 9.90 Å². The van der Waals surface area contributed by atoms with E-state index in [-0.39, 0.29) is 0 Å². The van der Waals surface area contributed by atoms with Crippen LogP contribution in [0.5, 0.6) is 0 Å². The highest BCUT2D eigenvalue weighted by atomic mass is 35.5. The Kier molecular flexibility index (Phi) is 2.18. The van der Waals surface area contributed by atoms with Crippen LogP contribution in [-0.2, 0) is 0 Å². The fourth-order valence-corrected chi connectivity index (χ4v) is 3.28. The van der Waals surface area contributed by atoms with Crippen LogP contribution in [0, 0.1) is 6.92 Å². The molecule has 3 nitrogen and oxygen atoms in total. The van der Waals surface area contributed by atoms with E-state index in [2.05, 4.69) is 4.98 Å².